The zero-order chi connectivity index (χ0) is 19.7. The zero-order valence-corrected chi connectivity index (χ0v) is 16.2. The van der Waals surface area contributed by atoms with Gasteiger partial charge in [0.05, 0.1) is 16.5 Å². The van der Waals surface area contributed by atoms with Gasteiger partial charge in [-0.05, 0) is 56.9 Å². The standard InChI is InChI=1S/C22H23N5O/c1-15-7-8-18(13-23)21(24-15)26-11-9-17(10-12-26)14-27-16(2)25-20-6-4-3-5-19(20)22(27)28/h3-8,17H,9-12,14H2,1-2H3. The summed E-state index contributed by atoms with van der Waals surface area (Å²) in [6.45, 7) is 6.20. The lowest BCUT2D eigenvalue weighted by atomic mass is 9.96. The lowest BCUT2D eigenvalue weighted by Crippen LogP contribution is -2.37. The monoisotopic (exact) mass is 373 g/mol. The van der Waals surface area contributed by atoms with Crippen molar-refractivity contribution in [2.75, 3.05) is 18.0 Å². The molecule has 3 heterocycles. The minimum atomic E-state index is 0.0395. The van der Waals surface area contributed by atoms with E-state index in [1.54, 1.807) is 0 Å². The molecule has 4 rings (SSSR count). The molecule has 1 saturated heterocycles. The summed E-state index contributed by atoms with van der Waals surface area (Å²) in [5.74, 6) is 1.95. The second kappa shape index (κ2) is 7.43. The average molecular weight is 373 g/mol. The Morgan fingerprint density at radius 2 is 1.86 bits per heavy atom. The van der Waals surface area contributed by atoms with Crippen molar-refractivity contribution in [3.63, 3.8) is 0 Å². The zero-order valence-electron chi connectivity index (χ0n) is 16.2. The smallest absolute Gasteiger partial charge is 0.261 e. The highest BCUT2D eigenvalue weighted by molar-refractivity contribution is 5.77. The number of anilines is 1. The first-order valence-corrected chi connectivity index (χ1v) is 9.65. The highest BCUT2D eigenvalue weighted by Gasteiger charge is 2.23. The molecule has 3 aromatic rings. The van der Waals surface area contributed by atoms with E-state index < -0.39 is 0 Å². The van der Waals surface area contributed by atoms with Gasteiger partial charge >= 0.3 is 0 Å². The first-order chi connectivity index (χ1) is 13.6. The van der Waals surface area contributed by atoms with Gasteiger partial charge in [0.25, 0.3) is 5.56 Å². The average Bonchev–Trinajstić information content (AvgIpc) is 2.71. The summed E-state index contributed by atoms with van der Waals surface area (Å²) >= 11 is 0. The van der Waals surface area contributed by atoms with Gasteiger partial charge < -0.3 is 4.90 Å². The van der Waals surface area contributed by atoms with E-state index in [9.17, 15) is 10.1 Å². The largest absolute Gasteiger partial charge is 0.355 e. The van der Waals surface area contributed by atoms with Crippen LogP contribution >= 0.6 is 0 Å². The molecule has 0 amide bonds. The van der Waals surface area contributed by atoms with Crippen LogP contribution in [0.4, 0.5) is 5.82 Å². The molecule has 1 aliphatic rings. The van der Waals surface area contributed by atoms with Gasteiger partial charge in [-0.2, -0.15) is 5.26 Å². The second-order valence-corrected chi connectivity index (χ2v) is 7.46. The van der Waals surface area contributed by atoms with Crippen LogP contribution in [0.1, 0.15) is 29.9 Å². The molecule has 6 heteroatoms. The van der Waals surface area contributed by atoms with Crippen molar-refractivity contribution in [3.8, 4) is 6.07 Å². The number of benzene rings is 1. The number of hydrogen-bond donors (Lipinski definition) is 0. The van der Waals surface area contributed by atoms with Crippen LogP contribution < -0.4 is 10.5 Å². The van der Waals surface area contributed by atoms with Crippen LogP contribution in [-0.4, -0.2) is 27.6 Å². The number of piperidine rings is 1. The predicted molar refractivity (Wildman–Crippen MR) is 109 cm³/mol. The number of aromatic nitrogens is 3. The lowest BCUT2D eigenvalue weighted by Gasteiger charge is -2.33. The SMILES string of the molecule is Cc1ccc(C#N)c(N2CCC(Cn3c(C)nc4ccccc4c3=O)CC2)n1. The summed E-state index contributed by atoms with van der Waals surface area (Å²) in [6.07, 6.45) is 1.92. The van der Waals surface area contributed by atoms with Crippen LogP contribution in [0.25, 0.3) is 10.9 Å². The number of fused-ring (bicyclic) bond motifs is 1. The minimum Gasteiger partial charge on any atom is -0.355 e. The van der Waals surface area contributed by atoms with Gasteiger partial charge in [-0.25, -0.2) is 9.97 Å². The molecule has 1 fully saturated rings. The Kier molecular flexibility index (Phi) is 4.82. The predicted octanol–water partition coefficient (Wildman–Crippen LogP) is 3.20. The Labute approximate surface area is 164 Å². The molecular formula is C22H23N5O. The molecule has 0 radical (unpaired) electrons. The van der Waals surface area contributed by atoms with Crippen molar-refractivity contribution in [2.24, 2.45) is 5.92 Å². The van der Waals surface area contributed by atoms with E-state index in [0.717, 1.165) is 48.8 Å². The third-order valence-corrected chi connectivity index (χ3v) is 5.54. The van der Waals surface area contributed by atoms with E-state index in [1.807, 2.05) is 54.8 Å². The molecule has 0 saturated carbocycles. The van der Waals surface area contributed by atoms with Crippen LogP contribution in [0, 0.1) is 31.1 Å². The van der Waals surface area contributed by atoms with Gasteiger partial charge in [0.1, 0.15) is 17.7 Å². The molecule has 142 valence electrons. The maximum Gasteiger partial charge on any atom is 0.261 e. The number of nitrogens with zero attached hydrogens (tertiary/aromatic N) is 5. The number of nitriles is 1. The van der Waals surface area contributed by atoms with E-state index in [1.165, 1.54) is 0 Å². The Hall–Kier alpha value is -3.20. The molecular weight excluding hydrogens is 350 g/mol. The Morgan fingerprint density at radius 3 is 2.61 bits per heavy atom. The minimum absolute atomic E-state index is 0.0395. The van der Waals surface area contributed by atoms with Crippen LogP contribution in [0.3, 0.4) is 0 Å². The number of pyridine rings is 1. The Bertz CT molecular complexity index is 1120. The molecule has 0 bridgehead atoms. The van der Waals surface area contributed by atoms with Gasteiger partial charge in [-0.3, -0.25) is 9.36 Å². The van der Waals surface area contributed by atoms with Crippen LogP contribution in [0.15, 0.2) is 41.2 Å². The summed E-state index contributed by atoms with van der Waals surface area (Å²) < 4.78 is 1.81. The highest BCUT2D eigenvalue weighted by Crippen LogP contribution is 2.26. The van der Waals surface area contributed by atoms with Crippen molar-refractivity contribution in [1.82, 2.24) is 14.5 Å². The molecule has 0 N–H and O–H groups in total. The normalized spacial score (nSPS) is 15.0. The topological polar surface area (TPSA) is 74.8 Å². The molecule has 0 aliphatic carbocycles. The van der Waals surface area contributed by atoms with Gasteiger partial charge in [-0.15, -0.1) is 0 Å². The Balaban J connectivity index is 1.52. The van der Waals surface area contributed by atoms with Crippen molar-refractivity contribution in [1.29, 1.82) is 5.26 Å². The van der Waals surface area contributed by atoms with Crippen molar-refractivity contribution in [2.45, 2.75) is 33.2 Å². The summed E-state index contributed by atoms with van der Waals surface area (Å²) in [4.78, 5) is 24.3. The second-order valence-electron chi connectivity index (χ2n) is 7.46. The maximum absolute atomic E-state index is 12.9. The van der Waals surface area contributed by atoms with Crippen molar-refractivity contribution >= 4 is 16.7 Å². The fraction of sp³-hybridized carbons (Fsp3) is 0.364. The lowest BCUT2D eigenvalue weighted by molar-refractivity contribution is 0.348. The van der Waals surface area contributed by atoms with E-state index in [4.69, 9.17) is 0 Å². The van der Waals surface area contributed by atoms with Gasteiger partial charge in [-0.1, -0.05) is 12.1 Å². The maximum atomic E-state index is 12.9. The number of rotatable bonds is 3. The fourth-order valence-corrected chi connectivity index (χ4v) is 3.95. The number of aryl methyl sites for hydroxylation is 2. The molecule has 6 nitrogen and oxygen atoms in total. The Morgan fingerprint density at radius 1 is 1.11 bits per heavy atom. The molecule has 2 aromatic heterocycles. The van der Waals surface area contributed by atoms with Crippen LogP contribution in [0.2, 0.25) is 0 Å². The number of para-hydroxylation sites is 1. The van der Waals surface area contributed by atoms with Gasteiger partial charge in [0.15, 0.2) is 0 Å². The van der Waals surface area contributed by atoms with E-state index >= 15 is 0 Å². The van der Waals surface area contributed by atoms with E-state index in [-0.39, 0.29) is 5.56 Å². The van der Waals surface area contributed by atoms with E-state index in [2.05, 4.69) is 20.9 Å². The highest BCUT2D eigenvalue weighted by atomic mass is 16.1. The summed E-state index contributed by atoms with van der Waals surface area (Å²) in [5, 5.41) is 10.0. The third-order valence-electron chi connectivity index (χ3n) is 5.54. The first-order valence-electron chi connectivity index (χ1n) is 9.65. The summed E-state index contributed by atoms with van der Waals surface area (Å²) in [7, 11) is 0. The molecule has 28 heavy (non-hydrogen) atoms. The molecule has 0 spiro atoms. The number of hydrogen-bond acceptors (Lipinski definition) is 5. The molecule has 1 aliphatic heterocycles. The molecule has 0 unspecified atom stereocenters. The molecule has 0 atom stereocenters. The van der Waals surface area contributed by atoms with Crippen molar-refractivity contribution in [3.05, 3.63) is 63.8 Å². The van der Waals surface area contributed by atoms with Crippen LogP contribution in [0.5, 0.6) is 0 Å². The third kappa shape index (κ3) is 3.36. The van der Waals surface area contributed by atoms with Crippen LogP contribution in [-0.2, 0) is 6.54 Å². The fourth-order valence-electron chi connectivity index (χ4n) is 3.95. The van der Waals surface area contributed by atoms with E-state index in [0.29, 0.717) is 23.4 Å². The van der Waals surface area contributed by atoms with Gasteiger partial charge in [0, 0.05) is 25.3 Å². The first kappa shape index (κ1) is 18.2. The molecule has 1 aromatic carbocycles. The van der Waals surface area contributed by atoms with Gasteiger partial charge in [0.2, 0.25) is 0 Å². The quantitative estimate of drug-likeness (QED) is 0.705. The summed E-state index contributed by atoms with van der Waals surface area (Å²) in [6, 6.07) is 13.5. The summed E-state index contributed by atoms with van der Waals surface area (Å²) in [5.41, 5.74) is 2.33. The van der Waals surface area contributed by atoms with Crippen molar-refractivity contribution < 1.29 is 0 Å².